The zero-order valence-electron chi connectivity index (χ0n) is 38.9. The molecular formula is C64H46N2S2. The number of hydrogen-bond donors (Lipinski definition) is 0. The van der Waals surface area contributed by atoms with Crippen molar-refractivity contribution < 1.29 is 0 Å². The molecule has 0 atom stereocenters. The van der Waals surface area contributed by atoms with Crippen LogP contribution in [0.3, 0.4) is 0 Å². The largest absolute Gasteiger partial charge is 0.252 e. The molecule has 4 heteroatoms. The van der Waals surface area contributed by atoms with Crippen molar-refractivity contribution >= 4 is 95.6 Å². The molecule has 68 heavy (non-hydrogen) atoms. The summed E-state index contributed by atoms with van der Waals surface area (Å²) in [4.78, 5) is 11.1. The SMILES string of the molecule is Cc1cc(C)c(-c2ccc3c(c2)c2cc(-c4c(C)cc(C)cc4C)ccc2c2nc(-c4cc(-c5cccc6c5sc5ccccc56)cc(-c5cccc6c5sc5ccccc56)c4)cnc32)c(C)c1. The Morgan fingerprint density at radius 1 is 0.338 bits per heavy atom. The van der Waals surface area contributed by atoms with E-state index in [1.165, 1.54) is 129 Å². The second kappa shape index (κ2) is 15.5. The Hall–Kier alpha value is -7.50. The van der Waals surface area contributed by atoms with E-state index in [1.807, 2.05) is 28.9 Å². The fraction of sp³-hybridized carbons (Fsp3) is 0.0938. The first-order chi connectivity index (χ1) is 33.1. The first-order valence-corrected chi connectivity index (χ1v) is 25.1. The number of thiophene rings is 2. The standard InChI is InChI=1S/C64H46N2S2/c1-35-25-37(3)59(38(4)26-35)41-21-23-50-54(32-41)55-33-42(60-39(5)27-36(2)28-40(60)6)22-24-51(55)62-61(50)65-34-56(66-62)45-30-43(46-15-11-17-52-48-13-7-9-19-57(48)67-63(46)52)29-44(31-45)47-16-12-18-53-49-14-8-10-20-58(49)68-64(47)53/h7-34H,1-6H3. The molecule has 0 aliphatic rings. The molecule has 0 N–H and O–H groups in total. The number of rotatable bonds is 5. The average Bonchev–Trinajstić information content (AvgIpc) is 3.92. The summed E-state index contributed by atoms with van der Waals surface area (Å²) in [6.07, 6.45) is 2.01. The molecule has 0 aliphatic carbocycles. The van der Waals surface area contributed by atoms with Gasteiger partial charge in [0.2, 0.25) is 0 Å². The van der Waals surface area contributed by atoms with E-state index in [-0.39, 0.29) is 0 Å². The lowest BCUT2D eigenvalue weighted by Gasteiger charge is -2.17. The summed E-state index contributed by atoms with van der Waals surface area (Å²) in [5.41, 5.74) is 21.2. The predicted octanol–water partition coefficient (Wildman–Crippen LogP) is 18.9. The second-order valence-electron chi connectivity index (χ2n) is 18.9. The number of aryl methyl sites for hydroxylation is 6. The molecule has 2 nitrogen and oxygen atoms in total. The van der Waals surface area contributed by atoms with Gasteiger partial charge in [0.1, 0.15) is 0 Å². The maximum atomic E-state index is 5.70. The topological polar surface area (TPSA) is 25.8 Å². The van der Waals surface area contributed by atoms with Gasteiger partial charge in [-0.2, -0.15) is 0 Å². The third-order valence-electron chi connectivity index (χ3n) is 14.2. The summed E-state index contributed by atoms with van der Waals surface area (Å²) in [7, 11) is 0. The van der Waals surface area contributed by atoms with Crippen LogP contribution in [0.2, 0.25) is 0 Å². The monoisotopic (exact) mass is 906 g/mol. The second-order valence-corrected chi connectivity index (χ2v) is 21.0. The van der Waals surface area contributed by atoms with Crippen LogP contribution in [0.15, 0.2) is 170 Å². The molecule has 13 rings (SSSR count). The summed E-state index contributed by atoms with van der Waals surface area (Å²) in [6, 6.07) is 61.3. The molecule has 3 aromatic heterocycles. The van der Waals surface area contributed by atoms with E-state index < -0.39 is 0 Å². The van der Waals surface area contributed by atoms with Gasteiger partial charge in [0.15, 0.2) is 0 Å². The van der Waals surface area contributed by atoms with E-state index >= 15 is 0 Å². The van der Waals surface area contributed by atoms with Crippen LogP contribution >= 0.6 is 22.7 Å². The van der Waals surface area contributed by atoms with Gasteiger partial charge in [0.25, 0.3) is 0 Å². The molecule has 0 aliphatic heterocycles. The summed E-state index contributed by atoms with van der Waals surface area (Å²) in [5, 5.41) is 9.75. The van der Waals surface area contributed by atoms with Crippen LogP contribution in [-0.4, -0.2) is 9.97 Å². The van der Waals surface area contributed by atoms with E-state index in [4.69, 9.17) is 9.97 Å². The highest BCUT2D eigenvalue weighted by atomic mass is 32.1. The van der Waals surface area contributed by atoms with Gasteiger partial charge in [-0.25, -0.2) is 4.98 Å². The Labute approximate surface area is 403 Å². The first kappa shape index (κ1) is 40.7. The molecule has 13 aromatic rings. The van der Waals surface area contributed by atoms with E-state index in [2.05, 4.69) is 205 Å². The summed E-state index contributed by atoms with van der Waals surface area (Å²) < 4.78 is 5.19. The molecular weight excluding hydrogens is 861 g/mol. The highest BCUT2D eigenvalue weighted by Crippen LogP contribution is 2.46. The Bertz CT molecular complexity index is 4100. The molecule has 10 aromatic carbocycles. The van der Waals surface area contributed by atoms with Gasteiger partial charge in [0, 0.05) is 56.7 Å². The van der Waals surface area contributed by atoms with E-state index in [0.29, 0.717) is 0 Å². The normalized spacial score (nSPS) is 12.0. The molecule has 0 amide bonds. The molecule has 0 fully saturated rings. The van der Waals surface area contributed by atoms with Crippen molar-refractivity contribution in [1.82, 2.24) is 9.97 Å². The number of hydrogen-bond acceptors (Lipinski definition) is 4. The summed E-state index contributed by atoms with van der Waals surface area (Å²) in [5.74, 6) is 0. The minimum atomic E-state index is 0.852. The lowest BCUT2D eigenvalue weighted by molar-refractivity contribution is 1.31. The van der Waals surface area contributed by atoms with Crippen molar-refractivity contribution in [3.05, 3.63) is 203 Å². The van der Waals surface area contributed by atoms with E-state index in [0.717, 1.165) is 33.1 Å². The van der Waals surface area contributed by atoms with Crippen LogP contribution in [0, 0.1) is 41.5 Å². The molecule has 0 bridgehead atoms. The Kier molecular flexibility index (Phi) is 9.31. The van der Waals surface area contributed by atoms with Gasteiger partial charge in [-0.1, -0.05) is 132 Å². The van der Waals surface area contributed by atoms with E-state index in [1.54, 1.807) is 0 Å². The van der Waals surface area contributed by atoms with Gasteiger partial charge in [-0.05, 0) is 162 Å². The fourth-order valence-corrected chi connectivity index (χ4v) is 14.0. The quantitative estimate of drug-likeness (QED) is 0.161. The molecule has 3 heterocycles. The van der Waals surface area contributed by atoms with E-state index in [9.17, 15) is 0 Å². The Morgan fingerprint density at radius 2 is 0.779 bits per heavy atom. The van der Waals surface area contributed by atoms with Crippen LogP contribution in [0.4, 0.5) is 0 Å². The smallest absolute Gasteiger partial charge is 0.0979 e. The van der Waals surface area contributed by atoms with Crippen molar-refractivity contribution in [2.75, 3.05) is 0 Å². The third kappa shape index (κ3) is 6.43. The molecule has 0 spiro atoms. The number of fused-ring (bicyclic) bond motifs is 12. The van der Waals surface area contributed by atoms with Crippen LogP contribution in [-0.2, 0) is 0 Å². The van der Waals surface area contributed by atoms with Crippen molar-refractivity contribution in [1.29, 1.82) is 0 Å². The first-order valence-electron chi connectivity index (χ1n) is 23.4. The lowest BCUT2D eigenvalue weighted by atomic mass is 9.88. The molecule has 0 saturated heterocycles. The average molecular weight is 907 g/mol. The maximum Gasteiger partial charge on any atom is 0.0979 e. The van der Waals surface area contributed by atoms with Crippen molar-refractivity contribution in [3.8, 4) is 55.8 Å². The number of aromatic nitrogens is 2. The third-order valence-corrected chi connectivity index (χ3v) is 16.6. The highest BCUT2D eigenvalue weighted by Gasteiger charge is 2.20. The minimum absolute atomic E-state index is 0.852. The number of nitrogens with zero attached hydrogens (tertiary/aromatic N) is 2. The van der Waals surface area contributed by atoms with Gasteiger partial charge >= 0.3 is 0 Å². The van der Waals surface area contributed by atoms with Gasteiger partial charge in [-0.15, -0.1) is 22.7 Å². The van der Waals surface area contributed by atoms with Crippen molar-refractivity contribution in [2.24, 2.45) is 0 Å². The fourth-order valence-electron chi connectivity index (χ4n) is 11.5. The Morgan fingerprint density at radius 3 is 1.28 bits per heavy atom. The van der Waals surface area contributed by atoms with Gasteiger partial charge in [-0.3, -0.25) is 4.98 Å². The zero-order chi connectivity index (χ0) is 45.9. The van der Waals surface area contributed by atoms with Crippen molar-refractivity contribution in [2.45, 2.75) is 41.5 Å². The highest BCUT2D eigenvalue weighted by molar-refractivity contribution is 7.26. The van der Waals surface area contributed by atoms with Crippen molar-refractivity contribution in [3.63, 3.8) is 0 Å². The lowest BCUT2D eigenvalue weighted by Crippen LogP contribution is -1.95. The molecule has 324 valence electrons. The molecule has 0 saturated carbocycles. The molecule has 0 radical (unpaired) electrons. The zero-order valence-corrected chi connectivity index (χ0v) is 40.5. The van der Waals surface area contributed by atoms with Gasteiger partial charge < -0.3 is 0 Å². The Balaban J connectivity index is 1.08. The van der Waals surface area contributed by atoms with Gasteiger partial charge in [0.05, 0.1) is 22.9 Å². The minimum Gasteiger partial charge on any atom is -0.252 e. The maximum absolute atomic E-state index is 5.70. The number of benzene rings is 10. The molecule has 0 unspecified atom stereocenters. The van der Waals surface area contributed by atoms with Crippen LogP contribution < -0.4 is 0 Å². The summed E-state index contributed by atoms with van der Waals surface area (Å²) in [6.45, 7) is 13.3. The van der Waals surface area contributed by atoms with Crippen LogP contribution in [0.1, 0.15) is 33.4 Å². The predicted molar refractivity (Wildman–Crippen MR) is 296 cm³/mol. The summed E-state index contributed by atoms with van der Waals surface area (Å²) >= 11 is 3.75. The van der Waals surface area contributed by atoms with Crippen LogP contribution in [0.5, 0.6) is 0 Å². The van der Waals surface area contributed by atoms with Crippen LogP contribution in [0.25, 0.3) is 129 Å².